The predicted molar refractivity (Wildman–Crippen MR) is 82.3 cm³/mol. The normalized spacial score (nSPS) is 17.0. The van der Waals surface area contributed by atoms with Gasteiger partial charge in [-0.3, -0.25) is 0 Å². The van der Waals surface area contributed by atoms with E-state index in [1.54, 1.807) is 0 Å². The molecule has 0 aromatic heterocycles. The van der Waals surface area contributed by atoms with Gasteiger partial charge >= 0.3 is 6.18 Å². The van der Waals surface area contributed by atoms with Gasteiger partial charge in [0.1, 0.15) is 0 Å². The van der Waals surface area contributed by atoms with Crippen LogP contribution in [-0.4, -0.2) is 21.0 Å². The van der Waals surface area contributed by atoms with E-state index in [1.165, 1.54) is 0 Å². The SMILES string of the molecule is Cl.NC(CNS(=O)(=O)c1cc(C(F)(F)F)ccc1Br)C1CC1. The zero-order chi connectivity index (χ0) is 15.8. The first-order valence-electron chi connectivity index (χ1n) is 6.23. The molecular formula is C12H15BrClF3N2O2S. The molecule has 0 saturated heterocycles. The van der Waals surface area contributed by atoms with Crippen LogP contribution < -0.4 is 10.5 Å². The Morgan fingerprint density at radius 2 is 1.95 bits per heavy atom. The zero-order valence-electron chi connectivity index (χ0n) is 11.2. The highest BCUT2D eigenvalue weighted by Crippen LogP contribution is 2.34. The molecule has 10 heteroatoms. The number of sulfonamides is 1. The van der Waals surface area contributed by atoms with Gasteiger partial charge in [-0.05, 0) is 52.9 Å². The molecule has 0 amide bonds. The van der Waals surface area contributed by atoms with Crippen molar-refractivity contribution in [3.63, 3.8) is 0 Å². The van der Waals surface area contributed by atoms with Gasteiger partial charge in [0.15, 0.2) is 0 Å². The minimum Gasteiger partial charge on any atom is -0.326 e. The predicted octanol–water partition coefficient (Wildman–Crippen LogP) is 2.91. The van der Waals surface area contributed by atoms with Crippen LogP contribution in [0.3, 0.4) is 0 Å². The van der Waals surface area contributed by atoms with E-state index in [2.05, 4.69) is 20.7 Å². The quantitative estimate of drug-likeness (QED) is 0.765. The van der Waals surface area contributed by atoms with Gasteiger partial charge in [0, 0.05) is 17.1 Å². The van der Waals surface area contributed by atoms with E-state index < -0.39 is 26.7 Å². The van der Waals surface area contributed by atoms with Crippen molar-refractivity contribution in [2.75, 3.05) is 6.54 Å². The van der Waals surface area contributed by atoms with Crippen LogP contribution in [0.1, 0.15) is 18.4 Å². The van der Waals surface area contributed by atoms with Gasteiger partial charge in [-0.1, -0.05) is 0 Å². The van der Waals surface area contributed by atoms with Gasteiger partial charge in [0.2, 0.25) is 10.0 Å². The smallest absolute Gasteiger partial charge is 0.326 e. The standard InChI is InChI=1S/C12H14BrF3N2O2S.ClH/c13-9-4-3-8(12(14,15)16)5-11(9)21(19,20)18-6-10(17)7-1-2-7;/h3-5,7,10,18H,1-2,6,17H2;1H. The number of nitrogens with one attached hydrogen (secondary N) is 1. The highest BCUT2D eigenvalue weighted by Gasteiger charge is 2.33. The summed E-state index contributed by atoms with van der Waals surface area (Å²) < 4.78 is 64.6. The van der Waals surface area contributed by atoms with Gasteiger partial charge in [0.05, 0.1) is 10.5 Å². The third-order valence-electron chi connectivity index (χ3n) is 3.28. The fraction of sp³-hybridized carbons (Fsp3) is 0.500. The molecule has 126 valence electrons. The van der Waals surface area contributed by atoms with Crippen LogP contribution >= 0.6 is 28.3 Å². The lowest BCUT2D eigenvalue weighted by Gasteiger charge is -2.14. The van der Waals surface area contributed by atoms with E-state index in [-0.39, 0.29) is 35.4 Å². The van der Waals surface area contributed by atoms with Crippen molar-refractivity contribution in [3.05, 3.63) is 28.2 Å². The van der Waals surface area contributed by atoms with Crippen LogP contribution in [0.25, 0.3) is 0 Å². The molecule has 0 heterocycles. The second-order valence-electron chi connectivity index (χ2n) is 5.00. The zero-order valence-corrected chi connectivity index (χ0v) is 14.4. The average Bonchev–Trinajstić information content (AvgIpc) is 3.19. The van der Waals surface area contributed by atoms with Crippen LogP contribution in [0.4, 0.5) is 13.2 Å². The van der Waals surface area contributed by atoms with Crippen LogP contribution in [0.15, 0.2) is 27.6 Å². The summed E-state index contributed by atoms with van der Waals surface area (Å²) in [6, 6.07) is 2.18. The molecular weight excluding hydrogens is 409 g/mol. The maximum Gasteiger partial charge on any atom is 0.416 e. The summed E-state index contributed by atoms with van der Waals surface area (Å²) in [6.45, 7) is 0.00961. The number of halogens is 5. The third kappa shape index (κ3) is 4.82. The number of hydrogen-bond donors (Lipinski definition) is 2. The number of benzene rings is 1. The summed E-state index contributed by atoms with van der Waals surface area (Å²) in [4.78, 5) is -0.444. The van der Waals surface area contributed by atoms with Crippen molar-refractivity contribution < 1.29 is 21.6 Å². The number of rotatable bonds is 5. The van der Waals surface area contributed by atoms with E-state index in [1.807, 2.05) is 0 Å². The van der Waals surface area contributed by atoms with Gasteiger partial charge in [-0.15, -0.1) is 12.4 Å². The molecule has 0 radical (unpaired) electrons. The summed E-state index contributed by atoms with van der Waals surface area (Å²) in [5.41, 5.74) is 4.77. The minimum atomic E-state index is -4.60. The number of alkyl halides is 3. The van der Waals surface area contributed by atoms with Crippen molar-refractivity contribution in [1.29, 1.82) is 0 Å². The molecule has 1 aliphatic carbocycles. The second-order valence-corrected chi connectivity index (χ2v) is 7.59. The molecule has 1 aromatic rings. The van der Waals surface area contributed by atoms with E-state index in [4.69, 9.17) is 5.73 Å². The van der Waals surface area contributed by atoms with Crippen LogP contribution in [0.5, 0.6) is 0 Å². The lowest BCUT2D eigenvalue weighted by molar-refractivity contribution is -0.137. The molecule has 4 nitrogen and oxygen atoms in total. The molecule has 0 spiro atoms. The molecule has 1 fully saturated rings. The number of hydrogen-bond acceptors (Lipinski definition) is 3. The lowest BCUT2D eigenvalue weighted by atomic mass is 10.2. The first kappa shape index (κ1) is 19.7. The minimum absolute atomic E-state index is 0. The van der Waals surface area contributed by atoms with Crippen molar-refractivity contribution in [2.45, 2.75) is 30.0 Å². The largest absolute Gasteiger partial charge is 0.416 e. The molecule has 1 saturated carbocycles. The third-order valence-corrected chi connectivity index (χ3v) is 5.70. The molecule has 22 heavy (non-hydrogen) atoms. The molecule has 1 atom stereocenters. The van der Waals surface area contributed by atoms with Gasteiger partial charge < -0.3 is 5.73 Å². The van der Waals surface area contributed by atoms with Gasteiger partial charge in [-0.2, -0.15) is 13.2 Å². The first-order chi connectivity index (χ1) is 9.61. The molecule has 0 aliphatic heterocycles. The Hall–Kier alpha value is -0.350. The average molecular weight is 424 g/mol. The van der Waals surface area contributed by atoms with Crippen LogP contribution in [0, 0.1) is 5.92 Å². The molecule has 3 N–H and O–H groups in total. The van der Waals surface area contributed by atoms with Crippen LogP contribution in [0.2, 0.25) is 0 Å². The Labute approximate surface area is 141 Å². The monoisotopic (exact) mass is 422 g/mol. The fourth-order valence-corrected chi connectivity index (χ4v) is 3.92. The lowest BCUT2D eigenvalue weighted by Crippen LogP contribution is -2.38. The van der Waals surface area contributed by atoms with E-state index in [9.17, 15) is 21.6 Å². The Balaban J connectivity index is 0.00000242. The van der Waals surface area contributed by atoms with E-state index in [0.29, 0.717) is 6.07 Å². The second kappa shape index (κ2) is 7.04. The Kier molecular flexibility index (Phi) is 6.30. The summed E-state index contributed by atoms with van der Waals surface area (Å²) in [5, 5.41) is 0. The Morgan fingerprint density at radius 1 is 1.36 bits per heavy atom. The topological polar surface area (TPSA) is 72.2 Å². The van der Waals surface area contributed by atoms with Gasteiger partial charge in [0.25, 0.3) is 0 Å². The van der Waals surface area contributed by atoms with Crippen molar-refractivity contribution >= 4 is 38.4 Å². The van der Waals surface area contributed by atoms with Crippen LogP contribution in [-0.2, 0) is 16.2 Å². The maximum absolute atomic E-state index is 12.7. The van der Waals surface area contributed by atoms with E-state index in [0.717, 1.165) is 25.0 Å². The summed E-state index contributed by atoms with van der Waals surface area (Å²) >= 11 is 2.96. The highest BCUT2D eigenvalue weighted by atomic mass is 79.9. The molecule has 1 aromatic carbocycles. The van der Waals surface area contributed by atoms with E-state index >= 15 is 0 Å². The van der Waals surface area contributed by atoms with Crippen molar-refractivity contribution in [3.8, 4) is 0 Å². The number of nitrogens with two attached hydrogens (primary N) is 1. The summed E-state index contributed by atoms with van der Waals surface area (Å²) in [7, 11) is -4.05. The fourth-order valence-electron chi connectivity index (χ4n) is 1.86. The van der Waals surface area contributed by atoms with Crippen molar-refractivity contribution in [2.24, 2.45) is 11.7 Å². The van der Waals surface area contributed by atoms with Gasteiger partial charge in [-0.25, -0.2) is 13.1 Å². The molecule has 0 bridgehead atoms. The summed E-state index contributed by atoms with van der Waals surface area (Å²) in [5.74, 6) is 0.289. The molecule has 1 unspecified atom stereocenters. The maximum atomic E-state index is 12.7. The Bertz CT molecular complexity index is 636. The highest BCUT2D eigenvalue weighted by molar-refractivity contribution is 9.10. The molecule has 1 aliphatic rings. The summed E-state index contributed by atoms with van der Waals surface area (Å²) in [6.07, 6.45) is -2.69. The Morgan fingerprint density at radius 3 is 2.45 bits per heavy atom. The van der Waals surface area contributed by atoms with Crippen molar-refractivity contribution in [1.82, 2.24) is 4.72 Å². The first-order valence-corrected chi connectivity index (χ1v) is 8.51. The molecule has 2 rings (SSSR count).